The summed E-state index contributed by atoms with van der Waals surface area (Å²) in [6.45, 7) is 2.26. The largest absolute Gasteiger partial charge is 0.329 e. The molecule has 1 aliphatic carbocycles. The van der Waals surface area contributed by atoms with Gasteiger partial charge >= 0.3 is 0 Å². The van der Waals surface area contributed by atoms with Crippen LogP contribution in [0.5, 0.6) is 0 Å². The van der Waals surface area contributed by atoms with Crippen LogP contribution in [0.1, 0.15) is 26.2 Å². The van der Waals surface area contributed by atoms with Gasteiger partial charge < -0.3 is 5.73 Å². The molecule has 2 unspecified atom stereocenters. The monoisotopic (exact) mass is 191 g/mol. The molecule has 0 saturated heterocycles. The lowest BCUT2D eigenvalue weighted by atomic mass is 9.97. The quantitative estimate of drug-likeness (QED) is 0.693. The Morgan fingerprint density at radius 3 is 2.33 bits per heavy atom. The summed E-state index contributed by atoms with van der Waals surface area (Å²) in [4.78, 5) is 0. The summed E-state index contributed by atoms with van der Waals surface area (Å²) in [5.74, 6) is 0.220. The molecule has 72 valence electrons. The van der Waals surface area contributed by atoms with Crippen molar-refractivity contribution in [1.82, 2.24) is 0 Å². The average molecular weight is 191 g/mol. The van der Waals surface area contributed by atoms with Gasteiger partial charge in [0.25, 0.3) is 0 Å². The molecular formula is C8H17NO2S. The molecule has 0 spiro atoms. The van der Waals surface area contributed by atoms with Gasteiger partial charge in [0, 0.05) is 12.8 Å². The highest BCUT2D eigenvalue weighted by molar-refractivity contribution is 7.92. The molecule has 0 aromatic carbocycles. The minimum Gasteiger partial charge on any atom is -0.329 e. The fourth-order valence-corrected chi connectivity index (χ4v) is 3.89. The van der Waals surface area contributed by atoms with Crippen molar-refractivity contribution in [2.75, 3.05) is 12.8 Å². The van der Waals surface area contributed by atoms with Crippen LogP contribution in [-0.2, 0) is 9.84 Å². The summed E-state index contributed by atoms with van der Waals surface area (Å²) >= 11 is 0. The molecule has 1 fully saturated rings. The van der Waals surface area contributed by atoms with E-state index in [0.29, 0.717) is 0 Å². The third-order valence-corrected chi connectivity index (χ3v) is 5.47. The molecule has 0 aromatic heterocycles. The van der Waals surface area contributed by atoms with E-state index in [2.05, 4.69) is 0 Å². The van der Waals surface area contributed by atoms with Crippen LogP contribution >= 0.6 is 0 Å². The van der Waals surface area contributed by atoms with Crippen LogP contribution in [0.3, 0.4) is 0 Å². The Bertz CT molecular complexity index is 260. The van der Waals surface area contributed by atoms with Crippen LogP contribution in [-0.4, -0.2) is 26.0 Å². The van der Waals surface area contributed by atoms with E-state index in [9.17, 15) is 8.42 Å². The summed E-state index contributed by atoms with van der Waals surface area (Å²) in [5, 5.41) is 0. The highest BCUT2D eigenvalue weighted by Gasteiger charge is 2.47. The van der Waals surface area contributed by atoms with Gasteiger partial charge in [0.2, 0.25) is 0 Å². The molecule has 0 amide bonds. The lowest BCUT2D eigenvalue weighted by Gasteiger charge is -2.29. The molecule has 0 aromatic rings. The maximum Gasteiger partial charge on any atom is 0.154 e. The van der Waals surface area contributed by atoms with Crippen LogP contribution in [0.15, 0.2) is 0 Å². The van der Waals surface area contributed by atoms with Crippen LogP contribution < -0.4 is 5.73 Å². The van der Waals surface area contributed by atoms with Crippen molar-refractivity contribution in [3.8, 4) is 0 Å². The molecule has 0 aliphatic heterocycles. The van der Waals surface area contributed by atoms with E-state index in [0.717, 1.165) is 19.3 Å². The van der Waals surface area contributed by atoms with Crippen LogP contribution in [0.2, 0.25) is 0 Å². The standard InChI is InChI=1S/C8H17NO2S/c1-7-4-3-5-8(7,6-9)12(2,10)11/h7H,3-6,9H2,1-2H3. The van der Waals surface area contributed by atoms with E-state index in [1.54, 1.807) is 0 Å². The Labute approximate surface area is 74.3 Å². The van der Waals surface area contributed by atoms with Gasteiger partial charge in [-0.2, -0.15) is 0 Å². The second-order valence-corrected chi connectivity index (χ2v) is 6.19. The van der Waals surface area contributed by atoms with Gasteiger partial charge in [-0.15, -0.1) is 0 Å². The average Bonchev–Trinajstić information content (AvgIpc) is 2.30. The van der Waals surface area contributed by atoms with Crippen molar-refractivity contribution in [2.45, 2.75) is 30.9 Å². The van der Waals surface area contributed by atoms with Crippen molar-refractivity contribution in [3.63, 3.8) is 0 Å². The van der Waals surface area contributed by atoms with Gasteiger partial charge in [0.05, 0.1) is 4.75 Å². The van der Waals surface area contributed by atoms with E-state index < -0.39 is 14.6 Å². The Hall–Kier alpha value is -0.0900. The van der Waals surface area contributed by atoms with Crippen molar-refractivity contribution in [3.05, 3.63) is 0 Å². The van der Waals surface area contributed by atoms with E-state index in [4.69, 9.17) is 5.73 Å². The zero-order chi connectivity index (χ0) is 9.41. The summed E-state index contributed by atoms with van der Waals surface area (Å²) < 4.78 is 22.4. The lowest BCUT2D eigenvalue weighted by Crippen LogP contribution is -2.47. The minimum atomic E-state index is -2.99. The molecule has 0 radical (unpaired) electrons. The van der Waals surface area contributed by atoms with Gasteiger partial charge in [0.1, 0.15) is 0 Å². The van der Waals surface area contributed by atoms with Gasteiger partial charge in [-0.1, -0.05) is 13.3 Å². The van der Waals surface area contributed by atoms with Gasteiger partial charge in [-0.3, -0.25) is 0 Å². The molecule has 0 heterocycles. The minimum absolute atomic E-state index is 0.220. The molecule has 1 saturated carbocycles. The van der Waals surface area contributed by atoms with Crippen molar-refractivity contribution >= 4 is 9.84 Å². The molecule has 2 N–H and O–H groups in total. The second kappa shape index (κ2) is 3.00. The first-order valence-electron chi connectivity index (χ1n) is 4.34. The SMILES string of the molecule is CC1CCCC1(CN)S(C)(=O)=O. The van der Waals surface area contributed by atoms with E-state index in [1.807, 2.05) is 6.92 Å². The molecule has 1 rings (SSSR count). The first-order chi connectivity index (χ1) is 5.44. The number of sulfone groups is 1. The summed E-state index contributed by atoms with van der Waals surface area (Å²) in [7, 11) is -2.99. The number of hydrogen-bond acceptors (Lipinski definition) is 3. The Kier molecular flexibility index (Phi) is 2.50. The number of hydrogen-bond donors (Lipinski definition) is 1. The Morgan fingerprint density at radius 2 is 2.17 bits per heavy atom. The molecule has 0 bridgehead atoms. The van der Waals surface area contributed by atoms with Crippen molar-refractivity contribution in [1.29, 1.82) is 0 Å². The van der Waals surface area contributed by atoms with Gasteiger partial charge in [-0.05, 0) is 18.8 Å². The summed E-state index contributed by atoms with van der Waals surface area (Å²) in [5.41, 5.74) is 5.57. The third-order valence-electron chi connectivity index (χ3n) is 3.22. The zero-order valence-corrected chi connectivity index (χ0v) is 8.52. The highest BCUT2D eigenvalue weighted by Crippen LogP contribution is 2.40. The molecule has 12 heavy (non-hydrogen) atoms. The van der Waals surface area contributed by atoms with E-state index in [1.165, 1.54) is 6.26 Å². The maximum atomic E-state index is 11.5. The van der Waals surface area contributed by atoms with Gasteiger partial charge in [0.15, 0.2) is 9.84 Å². The first-order valence-corrected chi connectivity index (χ1v) is 6.23. The fraction of sp³-hybridized carbons (Fsp3) is 1.00. The maximum absolute atomic E-state index is 11.5. The molecule has 3 nitrogen and oxygen atoms in total. The predicted molar refractivity (Wildman–Crippen MR) is 49.6 cm³/mol. The summed E-state index contributed by atoms with van der Waals surface area (Å²) in [6, 6.07) is 0. The van der Waals surface area contributed by atoms with E-state index in [-0.39, 0.29) is 12.5 Å². The Morgan fingerprint density at radius 1 is 1.58 bits per heavy atom. The molecule has 2 atom stereocenters. The summed E-state index contributed by atoms with van der Waals surface area (Å²) in [6.07, 6.45) is 4.03. The van der Waals surface area contributed by atoms with Crippen LogP contribution in [0, 0.1) is 5.92 Å². The van der Waals surface area contributed by atoms with Crippen LogP contribution in [0.25, 0.3) is 0 Å². The topological polar surface area (TPSA) is 60.2 Å². The molecule has 1 aliphatic rings. The second-order valence-electron chi connectivity index (χ2n) is 3.83. The van der Waals surface area contributed by atoms with Crippen molar-refractivity contribution in [2.24, 2.45) is 11.7 Å². The Balaban J connectivity index is 3.06. The first kappa shape index (κ1) is 9.99. The number of rotatable bonds is 2. The fourth-order valence-electron chi connectivity index (χ4n) is 2.22. The lowest BCUT2D eigenvalue weighted by molar-refractivity contribution is 0.436. The molecule has 4 heteroatoms. The molecular weight excluding hydrogens is 174 g/mol. The third kappa shape index (κ3) is 1.27. The van der Waals surface area contributed by atoms with Crippen molar-refractivity contribution < 1.29 is 8.42 Å². The highest BCUT2D eigenvalue weighted by atomic mass is 32.2. The smallest absolute Gasteiger partial charge is 0.154 e. The predicted octanol–water partition coefficient (Wildman–Crippen LogP) is 0.549. The van der Waals surface area contributed by atoms with E-state index >= 15 is 0 Å². The normalized spacial score (nSPS) is 37.1. The van der Waals surface area contributed by atoms with Crippen LogP contribution in [0.4, 0.5) is 0 Å². The van der Waals surface area contributed by atoms with Gasteiger partial charge in [-0.25, -0.2) is 8.42 Å². The zero-order valence-electron chi connectivity index (χ0n) is 7.71. The number of nitrogens with two attached hydrogens (primary N) is 1.